The van der Waals surface area contributed by atoms with E-state index in [4.69, 9.17) is 28.2 Å². The van der Waals surface area contributed by atoms with Gasteiger partial charge in [-0.25, -0.2) is 36.9 Å². The molecule has 8 N–H and O–H groups in total. The van der Waals surface area contributed by atoms with Crippen molar-refractivity contribution in [2.24, 2.45) is 0 Å². The minimum absolute atomic E-state index is 0.00435. The van der Waals surface area contributed by atoms with Crippen molar-refractivity contribution in [1.82, 2.24) is 44.5 Å². The summed E-state index contributed by atoms with van der Waals surface area (Å²) in [6.07, 6.45) is 4.69. The zero-order valence-electron chi connectivity index (χ0n) is 28.7. The van der Waals surface area contributed by atoms with Crippen LogP contribution in [0.5, 0.6) is 0 Å². The lowest BCUT2D eigenvalue weighted by Crippen LogP contribution is -2.09. The minimum atomic E-state index is -0.773. The van der Waals surface area contributed by atoms with Crippen LogP contribution in [0.15, 0.2) is 79.3 Å². The van der Waals surface area contributed by atoms with Crippen LogP contribution in [0.1, 0.15) is 22.3 Å². The van der Waals surface area contributed by atoms with E-state index in [2.05, 4.69) is 41.2 Å². The van der Waals surface area contributed by atoms with Gasteiger partial charge in [-0.05, 0) is 61.0 Å². The predicted molar refractivity (Wildman–Crippen MR) is 197 cm³/mol. The highest BCUT2D eigenvalue weighted by molar-refractivity contribution is 5.91. The number of nitrogens with zero attached hydrogens (tertiary/aromatic N) is 10. The van der Waals surface area contributed by atoms with Crippen molar-refractivity contribution in [1.29, 1.82) is 5.26 Å². The Kier molecular flexibility index (Phi) is 9.34. The van der Waals surface area contributed by atoms with Gasteiger partial charge in [0.05, 0.1) is 59.3 Å². The smallest absolute Gasteiger partial charge is 0.222 e. The van der Waals surface area contributed by atoms with Gasteiger partial charge in [0.25, 0.3) is 0 Å². The fraction of sp³-hybridized carbons (Fsp3) is 0.0811. The van der Waals surface area contributed by atoms with Crippen molar-refractivity contribution in [2.75, 3.05) is 22.9 Å². The number of nitrogen functional groups attached to an aromatic ring is 4. The van der Waals surface area contributed by atoms with Crippen molar-refractivity contribution in [3.63, 3.8) is 0 Å². The molecule has 0 unspecified atom stereocenters. The number of aryl methyl sites for hydroxylation is 1. The molecule has 0 aliphatic rings. The highest BCUT2D eigenvalue weighted by atomic mass is 19.1. The monoisotopic (exact) mass is 744 g/mol. The summed E-state index contributed by atoms with van der Waals surface area (Å²) in [6, 6.07) is 16.8. The van der Waals surface area contributed by atoms with Gasteiger partial charge in [0, 0.05) is 34.3 Å². The fourth-order valence-corrected chi connectivity index (χ4v) is 5.84. The molecular weight excluding hydrogens is 716 g/mol. The van der Waals surface area contributed by atoms with E-state index in [1.807, 2.05) is 19.1 Å². The Morgan fingerprint density at radius 1 is 0.655 bits per heavy atom. The number of halogens is 4. The van der Waals surface area contributed by atoms with E-state index >= 15 is 0 Å². The zero-order valence-corrected chi connectivity index (χ0v) is 28.7. The Hall–Kier alpha value is -7.68. The van der Waals surface area contributed by atoms with Crippen molar-refractivity contribution in [2.45, 2.75) is 20.0 Å². The van der Waals surface area contributed by atoms with E-state index in [1.165, 1.54) is 21.8 Å². The summed E-state index contributed by atoms with van der Waals surface area (Å²) in [6.45, 7) is 1.57. The number of rotatable bonds is 6. The molecular formula is C37H28F4N14. The highest BCUT2D eigenvalue weighted by Gasteiger charge is 2.19. The number of nitrogens with two attached hydrogens (primary N) is 4. The van der Waals surface area contributed by atoms with Gasteiger partial charge in [-0.1, -0.05) is 12.1 Å². The van der Waals surface area contributed by atoms with E-state index in [0.717, 1.165) is 29.8 Å². The van der Waals surface area contributed by atoms with Gasteiger partial charge in [-0.2, -0.15) is 25.4 Å². The molecule has 3 aromatic carbocycles. The molecule has 8 aromatic rings. The molecule has 14 nitrogen and oxygen atoms in total. The topological polar surface area (TPSA) is 228 Å². The van der Waals surface area contributed by atoms with Gasteiger partial charge in [0.2, 0.25) is 11.9 Å². The maximum atomic E-state index is 14.2. The number of benzene rings is 3. The molecule has 5 aromatic heterocycles. The quantitative estimate of drug-likeness (QED) is 0.121. The van der Waals surface area contributed by atoms with E-state index in [0.29, 0.717) is 50.3 Å². The first kappa shape index (κ1) is 35.7. The van der Waals surface area contributed by atoms with Crippen LogP contribution in [-0.4, -0.2) is 44.5 Å². The molecule has 0 radical (unpaired) electrons. The van der Waals surface area contributed by atoms with Crippen LogP contribution in [0.2, 0.25) is 0 Å². The second kappa shape index (κ2) is 14.4. The third-order valence-corrected chi connectivity index (χ3v) is 8.39. The van der Waals surface area contributed by atoms with Crippen LogP contribution in [0.4, 0.5) is 40.8 Å². The lowest BCUT2D eigenvalue weighted by Gasteiger charge is -2.08. The normalized spacial score (nSPS) is 11.1. The lowest BCUT2D eigenvalue weighted by atomic mass is 10.1. The molecule has 0 aliphatic heterocycles. The minimum Gasteiger partial charge on any atom is -0.399 e. The Bertz CT molecular complexity index is 2760. The Labute approximate surface area is 308 Å². The number of hydrogen-bond donors (Lipinski definition) is 4. The van der Waals surface area contributed by atoms with Crippen LogP contribution in [0.3, 0.4) is 0 Å². The lowest BCUT2D eigenvalue weighted by molar-refractivity contribution is 0.536. The molecule has 5 heterocycles. The summed E-state index contributed by atoms with van der Waals surface area (Å²) in [4.78, 5) is 21.2. The molecule has 0 bridgehead atoms. The summed E-state index contributed by atoms with van der Waals surface area (Å²) in [7, 11) is 0. The Morgan fingerprint density at radius 2 is 1.16 bits per heavy atom. The summed E-state index contributed by atoms with van der Waals surface area (Å²) in [5.74, 6) is -3.06. The van der Waals surface area contributed by atoms with E-state index < -0.39 is 23.3 Å². The van der Waals surface area contributed by atoms with Gasteiger partial charge >= 0.3 is 0 Å². The first-order valence-electron chi connectivity index (χ1n) is 16.3. The highest BCUT2D eigenvalue weighted by Crippen LogP contribution is 2.29. The Morgan fingerprint density at radius 3 is 1.67 bits per heavy atom. The number of fused-ring (bicyclic) bond motifs is 2. The van der Waals surface area contributed by atoms with E-state index in [-0.39, 0.29) is 47.5 Å². The molecule has 0 atom stereocenters. The SMILES string of the molecule is Cc1ccnc(-c2nc(N)nc3c2cnn3Cc2c(F)cc(N)cc2F)c1.N#Cc1cccc(-c2nc(N)nc3c2cnn3Cc2c(F)cc(N)cc2F)c1. The van der Waals surface area contributed by atoms with Crippen molar-refractivity contribution in [3.05, 3.63) is 125 Å². The summed E-state index contributed by atoms with van der Waals surface area (Å²) in [5.41, 5.74) is 26.6. The van der Waals surface area contributed by atoms with Crippen LogP contribution in [-0.2, 0) is 13.1 Å². The van der Waals surface area contributed by atoms with Gasteiger partial charge in [0.1, 0.15) is 29.0 Å². The molecule has 0 fully saturated rings. The predicted octanol–water partition coefficient (Wildman–Crippen LogP) is 5.54. The third kappa shape index (κ3) is 7.21. The number of nitriles is 1. The summed E-state index contributed by atoms with van der Waals surface area (Å²) < 4.78 is 59.3. The summed E-state index contributed by atoms with van der Waals surface area (Å²) in [5, 5.41) is 18.6. The fourth-order valence-electron chi connectivity index (χ4n) is 5.84. The van der Waals surface area contributed by atoms with Gasteiger partial charge in [-0.3, -0.25) is 4.98 Å². The van der Waals surface area contributed by atoms with Crippen LogP contribution in [0.25, 0.3) is 44.7 Å². The van der Waals surface area contributed by atoms with E-state index in [1.54, 1.807) is 30.5 Å². The van der Waals surface area contributed by atoms with E-state index in [9.17, 15) is 17.6 Å². The van der Waals surface area contributed by atoms with Gasteiger partial charge in [-0.15, -0.1) is 0 Å². The molecule has 55 heavy (non-hydrogen) atoms. The summed E-state index contributed by atoms with van der Waals surface area (Å²) >= 11 is 0. The molecule has 0 amide bonds. The first-order valence-corrected chi connectivity index (χ1v) is 16.3. The molecule has 0 spiro atoms. The van der Waals surface area contributed by atoms with Crippen molar-refractivity contribution < 1.29 is 17.6 Å². The molecule has 0 saturated heterocycles. The zero-order chi connectivity index (χ0) is 39.0. The van der Waals surface area contributed by atoms with Crippen LogP contribution >= 0.6 is 0 Å². The molecule has 274 valence electrons. The standard InChI is InChI=1S/C19H13F2N7.C18H15F2N7/c20-15-5-12(23)6-16(21)14(15)9-28-18-13(8-25-28)17(26-19(24)27-18)11-3-1-2-10(4-11)7-22;1-9-2-3-23-15(4-9)16-11-7-24-27(17(11)26-18(22)25-16)8-12-13(19)5-10(21)6-14(12)20/h1-6,8H,9,23H2,(H2,24,26,27);2-7H,8,21H2,1H3,(H2,22,25,26). The van der Waals surface area contributed by atoms with Gasteiger partial charge in [0.15, 0.2) is 11.3 Å². The maximum Gasteiger partial charge on any atom is 0.222 e. The number of aromatic nitrogens is 9. The average molecular weight is 745 g/mol. The molecule has 0 aliphatic carbocycles. The average Bonchev–Trinajstić information content (AvgIpc) is 3.74. The van der Waals surface area contributed by atoms with Crippen LogP contribution in [0, 0.1) is 41.5 Å². The Balaban J connectivity index is 0.000000169. The molecule has 18 heteroatoms. The largest absolute Gasteiger partial charge is 0.399 e. The number of hydrogen-bond acceptors (Lipinski definition) is 12. The molecule has 0 saturated carbocycles. The number of anilines is 4. The number of pyridine rings is 1. The van der Waals surface area contributed by atoms with Crippen LogP contribution < -0.4 is 22.9 Å². The first-order chi connectivity index (χ1) is 26.4. The van der Waals surface area contributed by atoms with Gasteiger partial charge < -0.3 is 22.9 Å². The van der Waals surface area contributed by atoms with Crippen molar-refractivity contribution in [3.8, 4) is 28.7 Å². The molecule has 8 rings (SSSR count). The van der Waals surface area contributed by atoms with Crippen molar-refractivity contribution >= 4 is 45.3 Å². The third-order valence-electron chi connectivity index (χ3n) is 8.39. The second-order valence-electron chi connectivity index (χ2n) is 12.3. The second-order valence-corrected chi connectivity index (χ2v) is 12.3. The maximum absolute atomic E-state index is 14.2.